The molecule has 0 N–H and O–H groups in total. The molecule has 0 bridgehead atoms. The molecular weight excluding hydrogens is 424 g/mol. The standard InChI is InChI=1S/C22H23BrO5/c1-13-5-7-16(8-6-13)20(24)14(2)18(15-9-11-17(23)12-10-15)19(21(25)27-3)22(26)28-4/h5-12,14,18-19H,1-4H3/t14-,18+/m0/s1. The molecule has 28 heavy (non-hydrogen) atoms. The van der Waals surface area contributed by atoms with Crippen LogP contribution < -0.4 is 0 Å². The Morgan fingerprint density at radius 1 is 0.857 bits per heavy atom. The second-order valence-electron chi connectivity index (χ2n) is 6.62. The smallest absolute Gasteiger partial charge is 0.320 e. The van der Waals surface area contributed by atoms with E-state index >= 15 is 0 Å². The number of hydrogen-bond donors (Lipinski definition) is 0. The minimum Gasteiger partial charge on any atom is -0.468 e. The molecule has 0 unspecified atom stereocenters. The van der Waals surface area contributed by atoms with Gasteiger partial charge in [-0.3, -0.25) is 14.4 Å². The summed E-state index contributed by atoms with van der Waals surface area (Å²) in [5, 5.41) is 0. The number of halogens is 1. The van der Waals surface area contributed by atoms with Gasteiger partial charge in [0.1, 0.15) is 0 Å². The predicted octanol–water partition coefficient (Wildman–Crippen LogP) is 4.32. The van der Waals surface area contributed by atoms with Gasteiger partial charge in [-0.05, 0) is 24.6 Å². The van der Waals surface area contributed by atoms with E-state index in [1.807, 2.05) is 19.1 Å². The van der Waals surface area contributed by atoms with E-state index in [0.29, 0.717) is 11.1 Å². The molecule has 5 nitrogen and oxygen atoms in total. The largest absolute Gasteiger partial charge is 0.468 e. The van der Waals surface area contributed by atoms with Gasteiger partial charge in [-0.1, -0.05) is 64.8 Å². The molecular formula is C22H23BrO5. The Labute approximate surface area is 173 Å². The van der Waals surface area contributed by atoms with E-state index in [0.717, 1.165) is 10.0 Å². The number of hydrogen-bond acceptors (Lipinski definition) is 5. The molecule has 0 radical (unpaired) electrons. The number of ether oxygens (including phenoxy) is 2. The number of Topliss-reactive ketones (excluding diaryl/α,β-unsaturated/α-hetero) is 1. The van der Waals surface area contributed by atoms with E-state index < -0.39 is 29.7 Å². The van der Waals surface area contributed by atoms with E-state index in [2.05, 4.69) is 15.9 Å². The number of aryl methyl sites for hydroxylation is 1. The molecule has 0 fully saturated rings. The molecule has 0 aromatic heterocycles. The number of rotatable bonds is 7. The van der Waals surface area contributed by atoms with Crippen LogP contribution in [0.2, 0.25) is 0 Å². The lowest BCUT2D eigenvalue weighted by Crippen LogP contribution is -2.37. The summed E-state index contributed by atoms with van der Waals surface area (Å²) in [6.07, 6.45) is 0. The van der Waals surface area contributed by atoms with Gasteiger partial charge in [0.25, 0.3) is 0 Å². The molecule has 0 saturated carbocycles. The van der Waals surface area contributed by atoms with Crippen molar-refractivity contribution in [2.75, 3.05) is 14.2 Å². The highest BCUT2D eigenvalue weighted by Gasteiger charge is 2.43. The van der Waals surface area contributed by atoms with Gasteiger partial charge in [0, 0.05) is 21.9 Å². The summed E-state index contributed by atoms with van der Waals surface area (Å²) >= 11 is 3.38. The zero-order valence-electron chi connectivity index (χ0n) is 16.3. The van der Waals surface area contributed by atoms with Gasteiger partial charge in [-0.15, -0.1) is 0 Å². The normalized spacial score (nSPS) is 12.9. The molecule has 2 rings (SSSR count). The molecule has 6 heteroatoms. The summed E-state index contributed by atoms with van der Waals surface area (Å²) in [4.78, 5) is 38.1. The first-order valence-corrected chi connectivity index (χ1v) is 9.61. The number of benzene rings is 2. The van der Waals surface area contributed by atoms with Crippen LogP contribution in [0.1, 0.15) is 34.3 Å². The van der Waals surface area contributed by atoms with E-state index in [-0.39, 0.29) is 5.78 Å². The van der Waals surface area contributed by atoms with E-state index in [9.17, 15) is 14.4 Å². The van der Waals surface area contributed by atoms with E-state index in [4.69, 9.17) is 9.47 Å². The predicted molar refractivity (Wildman–Crippen MR) is 109 cm³/mol. The van der Waals surface area contributed by atoms with Crippen LogP contribution in [0.5, 0.6) is 0 Å². The van der Waals surface area contributed by atoms with Crippen molar-refractivity contribution in [2.24, 2.45) is 11.8 Å². The lowest BCUT2D eigenvalue weighted by molar-refractivity contribution is -0.160. The summed E-state index contributed by atoms with van der Waals surface area (Å²) in [6.45, 7) is 3.65. The minimum atomic E-state index is -1.25. The van der Waals surface area contributed by atoms with Crippen LogP contribution in [0.3, 0.4) is 0 Å². The fourth-order valence-corrected chi connectivity index (χ4v) is 3.51. The van der Waals surface area contributed by atoms with Crippen LogP contribution in [0.15, 0.2) is 53.0 Å². The van der Waals surface area contributed by atoms with Crippen molar-refractivity contribution in [3.8, 4) is 0 Å². The number of methoxy groups -OCH3 is 2. The first-order chi connectivity index (χ1) is 13.3. The molecule has 0 saturated heterocycles. The SMILES string of the molecule is COC(=O)C(C(=O)OC)[C@@H](c1ccc(Br)cc1)[C@H](C)C(=O)c1ccc(C)cc1. The highest BCUT2D eigenvalue weighted by atomic mass is 79.9. The van der Waals surface area contributed by atoms with Crippen molar-refractivity contribution in [2.45, 2.75) is 19.8 Å². The lowest BCUT2D eigenvalue weighted by atomic mass is 9.74. The van der Waals surface area contributed by atoms with Crippen molar-refractivity contribution < 1.29 is 23.9 Å². The van der Waals surface area contributed by atoms with Gasteiger partial charge >= 0.3 is 11.9 Å². The molecule has 0 amide bonds. The fraction of sp³-hybridized carbons (Fsp3) is 0.318. The van der Waals surface area contributed by atoms with Crippen LogP contribution in [-0.4, -0.2) is 31.9 Å². The van der Waals surface area contributed by atoms with Crippen LogP contribution in [0, 0.1) is 18.8 Å². The highest BCUT2D eigenvalue weighted by Crippen LogP contribution is 2.36. The summed E-state index contributed by atoms with van der Waals surface area (Å²) < 4.78 is 10.6. The Balaban J connectivity index is 2.53. The monoisotopic (exact) mass is 446 g/mol. The number of carbonyl (C=O) groups is 3. The van der Waals surface area contributed by atoms with E-state index in [1.54, 1.807) is 43.3 Å². The molecule has 2 aromatic rings. The summed E-state index contributed by atoms with van der Waals surface area (Å²) in [5.74, 6) is -4.27. The maximum absolute atomic E-state index is 13.2. The molecule has 2 aromatic carbocycles. The molecule has 0 heterocycles. The average Bonchev–Trinajstić information content (AvgIpc) is 2.71. The maximum atomic E-state index is 13.2. The van der Waals surface area contributed by atoms with Gasteiger partial charge in [0.2, 0.25) is 0 Å². The third-order valence-corrected chi connectivity index (χ3v) is 5.34. The molecule has 0 aliphatic carbocycles. The van der Waals surface area contributed by atoms with Crippen molar-refractivity contribution in [3.63, 3.8) is 0 Å². The molecule has 2 atom stereocenters. The van der Waals surface area contributed by atoms with Crippen molar-refractivity contribution in [1.82, 2.24) is 0 Å². The van der Waals surface area contributed by atoms with Crippen LogP contribution in [0.4, 0.5) is 0 Å². The first-order valence-electron chi connectivity index (χ1n) is 8.82. The van der Waals surface area contributed by atoms with Crippen LogP contribution in [-0.2, 0) is 19.1 Å². The highest BCUT2D eigenvalue weighted by molar-refractivity contribution is 9.10. The number of esters is 2. The topological polar surface area (TPSA) is 69.7 Å². The minimum absolute atomic E-state index is 0.161. The Hall–Kier alpha value is -2.47. The second kappa shape index (κ2) is 9.64. The fourth-order valence-electron chi connectivity index (χ4n) is 3.24. The quantitative estimate of drug-likeness (QED) is 0.359. The van der Waals surface area contributed by atoms with Crippen molar-refractivity contribution in [1.29, 1.82) is 0 Å². The molecule has 0 spiro atoms. The maximum Gasteiger partial charge on any atom is 0.320 e. The Morgan fingerprint density at radius 2 is 1.36 bits per heavy atom. The van der Waals surface area contributed by atoms with Gasteiger partial charge < -0.3 is 9.47 Å². The Morgan fingerprint density at radius 3 is 1.82 bits per heavy atom. The zero-order chi connectivity index (χ0) is 20.8. The van der Waals surface area contributed by atoms with Crippen LogP contribution in [0.25, 0.3) is 0 Å². The summed E-state index contributed by atoms with van der Waals surface area (Å²) in [7, 11) is 2.42. The Kier molecular flexibility index (Phi) is 7.52. The third kappa shape index (κ3) is 4.87. The van der Waals surface area contributed by atoms with Gasteiger partial charge in [-0.2, -0.15) is 0 Å². The summed E-state index contributed by atoms with van der Waals surface area (Å²) in [5.41, 5.74) is 2.24. The van der Waals surface area contributed by atoms with Crippen molar-refractivity contribution in [3.05, 3.63) is 69.7 Å². The Bertz CT molecular complexity index is 826. The van der Waals surface area contributed by atoms with Gasteiger partial charge in [-0.25, -0.2) is 0 Å². The molecule has 148 valence electrons. The zero-order valence-corrected chi connectivity index (χ0v) is 17.9. The van der Waals surface area contributed by atoms with Crippen LogP contribution >= 0.6 is 15.9 Å². The lowest BCUT2D eigenvalue weighted by Gasteiger charge is -2.28. The van der Waals surface area contributed by atoms with Gasteiger partial charge in [0.15, 0.2) is 11.7 Å². The number of carbonyl (C=O) groups excluding carboxylic acids is 3. The summed E-state index contributed by atoms with van der Waals surface area (Å²) in [6, 6.07) is 14.4. The average molecular weight is 447 g/mol. The molecule has 0 aliphatic rings. The second-order valence-corrected chi connectivity index (χ2v) is 7.54. The first kappa shape index (κ1) is 21.8. The van der Waals surface area contributed by atoms with Crippen molar-refractivity contribution >= 4 is 33.7 Å². The van der Waals surface area contributed by atoms with E-state index in [1.165, 1.54) is 14.2 Å². The molecule has 0 aliphatic heterocycles. The third-order valence-electron chi connectivity index (χ3n) is 4.81. The van der Waals surface area contributed by atoms with Gasteiger partial charge in [0.05, 0.1) is 14.2 Å². The number of ketones is 1.